The highest BCUT2D eigenvalue weighted by molar-refractivity contribution is 7.95. The zero-order valence-corrected chi connectivity index (χ0v) is 5.40. The van der Waals surface area contributed by atoms with E-state index in [4.69, 9.17) is 10.2 Å². The summed E-state index contributed by atoms with van der Waals surface area (Å²) in [6.07, 6.45) is 2.83. The lowest BCUT2D eigenvalue weighted by Gasteiger charge is -1.96. The zero-order valence-electron chi connectivity index (χ0n) is 4.59. The highest BCUT2D eigenvalue weighted by atomic mass is 32.2. The first-order chi connectivity index (χ1) is 3.13. The van der Waals surface area contributed by atoms with Crippen LogP contribution in [-0.2, 0) is 10.9 Å². The van der Waals surface area contributed by atoms with E-state index in [2.05, 4.69) is 0 Å². The van der Waals surface area contributed by atoms with Gasteiger partial charge in [-0.3, -0.25) is 0 Å². The van der Waals surface area contributed by atoms with Gasteiger partial charge in [-0.2, -0.15) is 0 Å². The predicted octanol–water partition coefficient (Wildman–Crippen LogP) is -0.825. The van der Waals surface area contributed by atoms with Crippen molar-refractivity contribution >= 4 is 10.9 Å². The molecule has 0 aromatic carbocycles. The van der Waals surface area contributed by atoms with E-state index in [0.29, 0.717) is 5.75 Å². The fourth-order valence-electron chi connectivity index (χ4n) is 0.298. The summed E-state index contributed by atoms with van der Waals surface area (Å²) in [7, 11) is 0.154. The van der Waals surface area contributed by atoms with Crippen LogP contribution < -0.4 is 0 Å². The van der Waals surface area contributed by atoms with Gasteiger partial charge in [-0.1, -0.05) is 0 Å². The molecule has 0 atom stereocenters. The Morgan fingerprint density at radius 1 is 1.43 bits per heavy atom. The van der Waals surface area contributed by atoms with Crippen molar-refractivity contribution in [1.82, 2.24) is 0 Å². The smallest absolute Gasteiger partial charge is 0.197 e. The van der Waals surface area contributed by atoms with E-state index in [1.165, 1.54) is 0 Å². The van der Waals surface area contributed by atoms with Crippen molar-refractivity contribution in [2.45, 2.75) is 6.29 Å². The van der Waals surface area contributed by atoms with Gasteiger partial charge in [0.15, 0.2) is 12.0 Å². The van der Waals surface area contributed by atoms with E-state index in [1.54, 1.807) is 0 Å². The minimum Gasteiger partial charge on any atom is -0.364 e. The van der Waals surface area contributed by atoms with Crippen LogP contribution in [0.3, 0.4) is 0 Å². The van der Waals surface area contributed by atoms with Gasteiger partial charge in [0.25, 0.3) is 0 Å². The Kier molecular flexibility index (Phi) is 3.42. The summed E-state index contributed by atoms with van der Waals surface area (Å²) in [5.41, 5.74) is 0. The summed E-state index contributed by atoms with van der Waals surface area (Å²) in [6.45, 7) is 0. The molecule has 0 spiro atoms. The number of hydrogen-bond donors (Lipinski definition) is 2. The standard InChI is InChI=1S/C4H11O2S/c1-7(2)3-4(5)6/h4-6H,3H2,1-2H3/q+1. The Morgan fingerprint density at radius 3 is 1.86 bits per heavy atom. The van der Waals surface area contributed by atoms with Gasteiger partial charge in [-0.25, -0.2) is 0 Å². The van der Waals surface area contributed by atoms with Gasteiger partial charge in [0.2, 0.25) is 0 Å². The molecule has 0 radical (unpaired) electrons. The molecule has 0 amide bonds. The largest absolute Gasteiger partial charge is 0.364 e. The summed E-state index contributed by atoms with van der Waals surface area (Å²) in [4.78, 5) is 0. The Balaban J connectivity index is 2.95. The molecule has 0 aliphatic rings. The molecule has 2 nitrogen and oxygen atoms in total. The van der Waals surface area contributed by atoms with Crippen molar-refractivity contribution in [1.29, 1.82) is 0 Å². The second kappa shape index (κ2) is 3.29. The molecule has 0 fully saturated rings. The van der Waals surface area contributed by atoms with Crippen LogP contribution in [0.25, 0.3) is 0 Å². The summed E-state index contributed by atoms with van der Waals surface area (Å²) in [6, 6.07) is 0. The first-order valence-electron chi connectivity index (χ1n) is 2.03. The molecule has 0 saturated carbocycles. The number of aliphatic hydroxyl groups excluding tert-OH is 1. The van der Waals surface area contributed by atoms with E-state index in [-0.39, 0.29) is 10.9 Å². The van der Waals surface area contributed by atoms with E-state index >= 15 is 0 Å². The SMILES string of the molecule is C[S+](C)CC(O)O. The number of aliphatic hydroxyl groups is 2. The Bertz CT molecular complexity index is 39.0. The zero-order chi connectivity index (χ0) is 5.86. The van der Waals surface area contributed by atoms with Gasteiger partial charge in [0, 0.05) is 0 Å². The third-order valence-corrected chi connectivity index (χ3v) is 1.45. The van der Waals surface area contributed by atoms with E-state index in [1.807, 2.05) is 12.5 Å². The normalized spacial score (nSPS) is 11.1. The van der Waals surface area contributed by atoms with E-state index in [0.717, 1.165) is 0 Å². The first-order valence-corrected chi connectivity index (χ1v) is 4.24. The molecule has 44 valence electrons. The Hall–Kier alpha value is 0.270. The molecule has 0 saturated heterocycles. The highest BCUT2D eigenvalue weighted by Crippen LogP contribution is 1.85. The molecule has 2 N–H and O–H groups in total. The summed E-state index contributed by atoms with van der Waals surface area (Å²) < 4.78 is 0. The van der Waals surface area contributed by atoms with Crippen LogP contribution in [0.15, 0.2) is 0 Å². The van der Waals surface area contributed by atoms with Gasteiger partial charge in [0.1, 0.15) is 0 Å². The summed E-state index contributed by atoms with van der Waals surface area (Å²) in [5.74, 6) is 0.500. The van der Waals surface area contributed by atoms with Crippen LogP contribution >= 0.6 is 0 Å². The lowest BCUT2D eigenvalue weighted by molar-refractivity contribution is -0.0190. The molecule has 0 bridgehead atoms. The molecule has 7 heavy (non-hydrogen) atoms. The van der Waals surface area contributed by atoms with Crippen LogP contribution in [0, 0.1) is 0 Å². The lowest BCUT2D eigenvalue weighted by atomic mass is 10.8. The van der Waals surface area contributed by atoms with Crippen LogP contribution in [0.2, 0.25) is 0 Å². The minimum absolute atomic E-state index is 0.154. The molecule has 0 aliphatic heterocycles. The average molecular weight is 123 g/mol. The van der Waals surface area contributed by atoms with Crippen molar-refractivity contribution in [2.24, 2.45) is 0 Å². The molecule has 0 unspecified atom stereocenters. The van der Waals surface area contributed by atoms with E-state index in [9.17, 15) is 0 Å². The summed E-state index contributed by atoms with van der Waals surface area (Å²) >= 11 is 0. The molecule has 0 rings (SSSR count). The first kappa shape index (κ1) is 7.27. The van der Waals surface area contributed by atoms with Crippen molar-refractivity contribution in [3.8, 4) is 0 Å². The topological polar surface area (TPSA) is 40.5 Å². The summed E-state index contributed by atoms with van der Waals surface area (Å²) in [5, 5.41) is 16.6. The third-order valence-electron chi connectivity index (χ3n) is 0.482. The van der Waals surface area contributed by atoms with Crippen molar-refractivity contribution in [3.63, 3.8) is 0 Å². The maximum absolute atomic E-state index is 8.29. The van der Waals surface area contributed by atoms with Crippen molar-refractivity contribution < 1.29 is 10.2 Å². The number of hydrogen-bond acceptors (Lipinski definition) is 2. The molecular formula is C4H11O2S+. The van der Waals surface area contributed by atoms with Crippen molar-refractivity contribution in [3.05, 3.63) is 0 Å². The van der Waals surface area contributed by atoms with Gasteiger partial charge < -0.3 is 10.2 Å². The predicted molar refractivity (Wildman–Crippen MR) is 32.3 cm³/mol. The van der Waals surface area contributed by atoms with Crippen LogP contribution in [0.1, 0.15) is 0 Å². The van der Waals surface area contributed by atoms with Crippen molar-refractivity contribution in [2.75, 3.05) is 18.3 Å². The molecule has 3 heteroatoms. The molecular weight excluding hydrogens is 112 g/mol. The Morgan fingerprint density at radius 2 is 1.86 bits per heavy atom. The molecule has 0 aromatic heterocycles. The van der Waals surface area contributed by atoms with E-state index < -0.39 is 6.29 Å². The average Bonchev–Trinajstić information content (AvgIpc) is 1.27. The quantitative estimate of drug-likeness (QED) is 0.372. The van der Waals surface area contributed by atoms with Gasteiger partial charge >= 0.3 is 0 Å². The third kappa shape index (κ3) is 6.27. The van der Waals surface area contributed by atoms with Gasteiger partial charge in [-0.05, 0) is 10.9 Å². The maximum Gasteiger partial charge on any atom is 0.197 e. The molecule has 0 heterocycles. The Labute approximate surface area is 46.5 Å². The van der Waals surface area contributed by atoms with Crippen LogP contribution in [-0.4, -0.2) is 34.8 Å². The highest BCUT2D eigenvalue weighted by Gasteiger charge is 2.07. The second-order valence-electron chi connectivity index (χ2n) is 1.63. The second-order valence-corrected chi connectivity index (χ2v) is 3.94. The lowest BCUT2D eigenvalue weighted by Crippen LogP contribution is -2.17. The number of rotatable bonds is 2. The molecule has 0 aliphatic carbocycles. The minimum atomic E-state index is -1.11. The van der Waals surface area contributed by atoms with Gasteiger partial charge in [-0.15, -0.1) is 0 Å². The monoisotopic (exact) mass is 123 g/mol. The fraction of sp³-hybridized carbons (Fsp3) is 1.00. The van der Waals surface area contributed by atoms with Gasteiger partial charge in [0.05, 0.1) is 12.5 Å². The van der Waals surface area contributed by atoms with Crippen LogP contribution in [0.5, 0.6) is 0 Å². The maximum atomic E-state index is 8.29. The molecule has 0 aromatic rings. The fourth-order valence-corrected chi connectivity index (χ4v) is 0.894. The van der Waals surface area contributed by atoms with Crippen LogP contribution in [0.4, 0.5) is 0 Å².